The van der Waals surface area contributed by atoms with Crippen LogP contribution in [-0.4, -0.2) is 11.9 Å². The van der Waals surface area contributed by atoms with Gasteiger partial charge in [-0.3, -0.25) is 4.79 Å². The lowest BCUT2D eigenvalue weighted by atomic mass is 10.0. The first-order valence-corrected chi connectivity index (χ1v) is 6.03. The summed E-state index contributed by atoms with van der Waals surface area (Å²) in [7, 11) is 0. The Hall–Kier alpha value is -0.870. The van der Waals surface area contributed by atoms with Crippen molar-refractivity contribution in [3.05, 3.63) is 28.2 Å². The number of rotatable bonds is 3. The molecule has 1 amide bonds. The Labute approximate surface area is 105 Å². The van der Waals surface area contributed by atoms with Crippen LogP contribution in [0.15, 0.2) is 22.7 Å². The van der Waals surface area contributed by atoms with E-state index in [2.05, 4.69) is 21.2 Å². The van der Waals surface area contributed by atoms with E-state index in [4.69, 9.17) is 5.73 Å². The molecule has 0 aliphatic heterocycles. The molecule has 1 aromatic carbocycles. The van der Waals surface area contributed by atoms with Crippen LogP contribution < -0.4 is 11.1 Å². The summed E-state index contributed by atoms with van der Waals surface area (Å²) in [4.78, 5) is 11.7. The summed E-state index contributed by atoms with van der Waals surface area (Å²) in [5.41, 5.74) is 7.61. The molecule has 0 heterocycles. The highest BCUT2D eigenvalue weighted by atomic mass is 79.9. The van der Waals surface area contributed by atoms with Crippen LogP contribution in [0.25, 0.3) is 0 Å². The van der Waals surface area contributed by atoms with Crippen LogP contribution in [0.5, 0.6) is 0 Å². The van der Waals surface area contributed by atoms with Gasteiger partial charge in [0.25, 0.3) is 0 Å². The van der Waals surface area contributed by atoms with Gasteiger partial charge in [0.1, 0.15) is 0 Å². The summed E-state index contributed by atoms with van der Waals surface area (Å²) < 4.78 is 1.03. The SMILES string of the molecule is Cc1cc(NC(=O)C(N)C(C)C)ccc1Br. The molecule has 0 spiro atoms. The molecule has 0 aromatic heterocycles. The van der Waals surface area contributed by atoms with Crippen LogP contribution in [0.4, 0.5) is 5.69 Å². The lowest BCUT2D eigenvalue weighted by Crippen LogP contribution is -2.39. The first-order valence-electron chi connectivity index (χ1n) is 5.24. The predicted molar refractivity (Wildman–Crippen MR) is 70.3 cm³/mol. The molecule has 1 aromatic rings. The monoisotopic (exact) mass is 284 g/mol. The van der Waals surface area contributed by atoms with Crippen LogP contribution in [0.2, 0.25) is 0 Å². The maximum Gasteiger partial charge on any atom is 0.241 e. The van der Waals surface area contributed by atoms with Gasteiger partial charge in [0, 0.05) is 10.2 Å². The number of hydrogen-bond donors (Lipinski definition) is 2. The van der Waals surface area contributed by atoms with Crippen molar-refractivity contribution < 1.29 is 4.79 Å². The third kappa shape index (κ3) is 3.32. The smallest absolute Gasteiger partial charge is 0.241 e. The van der Waals surface area contributed by atoms with E-state index in [0.717, 1.165) is 15.7 Å². The Morgan fingerprint density at radius 3 is 2.56 bits per heavy atom. The van der Waals surface area contributed by atoms with Gasteiger partial charge in [-0.2, -0.15) is 0 Å². The average molecular weight is 285 g/mol. The number of carbonyl (C=O) groups excluding carboxylic acids is 1. The van der Waals surface area contributed by atoms with Crippen LogP contribution in [0.3, 0.4) is 0 Å². The number of hydrogen-bond acceptors (Lipinski definition) is 2. The van der Waals surface area contributed by atoms with Gasteiger partial charge in [-0.25, -0.2) is 0 Å². The summed E-state index contributed by atoms with van der Waals surface area (Å²) in [6.07, 6.45) is 0. The summed E-state index contributed by atoms with van der Waals surface area (Å²) in [6, 6.07) is 5.20. The minimum atomic E-state index is -0.469. The molecule has 88 valence electrons. The van der Waals surface area contributed by atoms with E-state index in [1.165, 1.54) is 0 Å². The number of nitrogens with two attached hydrogens (primary N) is 1. The van der Waals surface area contributed by atoms with Gasteiger partial charge in [0.05, 0.1) is 6.04 Å². The molecule has 0 aliphatic rings. The zero-order valence-electron chi connectivity index (χ0n) is 9.75. The molecule has 4 heteroatoms. The second kappa shape index (κ2) is 5.46. The second-order valence-corrected chi connectivity index (χ2v) is 5.08. The number of nitrogens with one attached hydrogen (secondary N) is 1. The quantitative estimate of drug-likeness (QED) is 0.897. The zero-order valence-corrected chi connectivity index (χ0v) is 11.3. The van der Waals surface area contributed by atoms with E-state index >= 15 is 0 Å². The van der Waals surface area contributed by atoms with Gasteiger partial charge in [-0.05, 0) is 36.6 Å². The maximum absolute atomic E-state index is 11.7. The van der Waals surface area contributed by atoms with Crippen molar-refractivity contribution in [1.29, 1.82) is 0 Å². The van der Waals surface area contributed by atoms with E-state index in [9.17, 15) is 4.79 Å². The van der Waals surface area contributed by atoms with Gasteiger partial charge in [0.2, 0.25) is 5.91 Å². The molecule has 1 unspecified atom stereocenters. The molecule has 0 saturated carbocycles. The van der Waals surface area contributed by atoms with E-state index in [-0.39, 0.29) is 11.8 Å². The zero-order chi connectivity index (χ0) is 12.3. The molecule has 3 nitrogen and oxygen atoms in total. The molecule has 16 heavy (non-hydrogen) atoms. The first kappa shape index (κ1) is 13.2. The molecule has 0 aliphatic carbocycles. The third-order valence-electron chi connectivity index (χ3n) is 2.45. The minimum absolute atomic E-state index is 0.136. The molecule has 0 bridgehead atoms. The van der Waals surface area contributed by atoms with E-state index < -0.39 is 6.04 Å². The largest absolute Gasteiger partial charge is 0.325 e. The highest BCUT2D eigenvalue weighted by Crippen LogP contribution is 2.20. The number of halogens is 1. The van der Waals surface area contributed by atoms with Crippen molar-refractivity contribution in [3.63, 3.8) is 0 Å². The van der Waals surface area contributed by atoms with Gasteiger partial charge >= 0.3 is 0 Å². The van der Waals surface area contributed by atoms with Crippen LogP contribution in [0, 0.1) is 12.8 Å². The van der Waals surface area contributed by atoms with Gasteiger partial charge in [-0.15, -0.1) is 0 Å². The molecular weight excluding hydrogens is 268 g/mol. The summed E-state index contributed by atoms with van der Waals surface area (Å²) in [6.45, 7) is 5.83. The van der Waals surface area contributed by atoms with E-state index in [1.54, 1.807) is 0 Å². The van der Waals surface area contributed by atoms with Crippen molar-refractivity contribution in [2.45, 2.75) is 26.8 Å². The van der Waals surface area contributed by atoms with E-state index in [1.807, 2.05) is 39.0 Å². The fraction of sp³-hybridized carbons (Fsp3) is 0.417. The van der Waals surface area contributed by atoms with Crippen molar-refractivity contribution in [2.75, 3.05) is 5.32 Å². The lowest BCUT2D eigenvalue weighted by Gasteiger charge is -2.15. The molecule has 1 atom stereocenters. The van der Waals surface area contributed by atoms with Crippen molar-refractivity contribution in [1.82, 2.24) is 0 Å². The highest BCUT2D eigenvalue weighted by Gasteiger charge is 2.17. The van der Waals surface area contributed by atoms with E-state index in [0.29, 0.717) is 0 Å². The van der Waals surface area contributed by atoms with Crippen LogP contribution in [-0.2, 0) is 4.79 Å². The Balaban J connectivity index is 2.74. The second-order valence-electron chi connectivity index (χ2n) is 4.22. The summed E-state index contributed by atoms with van der Waals surface area (Å²) >= 11 is 3.41. The fourth-order valence-electron chi connectivity index (χ4n) is 1.25. The predicted octanol–water partition coefficient (Wildman–Crippen LogP) is 2.68. The fourth-order valence-corrected chi connectivity index (χ4v) is 1.50. The molecular formula is C12H17BrN2O. The highest BCUT2D eigenvalue weighted by molar-refractivity contribution is 9.10. The molecule has 3 N–H and O–H groups in total. The Bertz CT molecular complexity index is 391. The number of aryl methyl sites for hydroxylation is 1. The first-order chi connectivity index (χ1) is 7.41. The molecule has 0 fully saturated rings. The summed E-state index contributed by atoms with van der Waals surface area (Å²) in [5.74, 6) is -0.00623. The summed E-state index contributed by atoms with van der Waals surface area (Å²) in [5, 5.41) is 2.81. The standard InChI is InChI=1S/C12H17BrN2O/c1-7(2)11(14)12(16)15-9-4-5-10(13)8(3)6-9/h4-7,11H,14H2,1-3H3,(H,15,16). The van der Waals surface area contributed by atoms with Gasteiger partial charge in [0.15, 0.2) is 0 Å². The van der Waals surface area contributed by atoms with Crippen molar-refractivity contribution >= 4 is 27.5 Å². The van der Waals surface area contributed by atoms with Crippen molar-refractivity contribution in [3.8, 4) is 0 Å². The molecule has 1 rings (SSSR count). The number of benzene rings is 1. The number of amides is 1. The number of anilines is 1. The van der Waals surface area contributed by atoms with Crippen molar-refractivity contribution in [2.24, 2.45) is 11.7 Å². The van der Waals surface area contributed by atoms with Crippen LogP contribution >= 0.6 is 15.9 Å². The lowest BCUT2D eigenvalue weighted by molar-refractivity contribution is -0.118. The maximum atomic E-state index is 11.7. The Morgan fingerprint density at radius 1 is 1.44 bits per heavy atom. The topological polar surface area (TPSA) is 55.1 Å². The van der Waals surface area contributed by atoms with Gasteiger partial charge < -0.3 is 11.1 Å². The minimum Gasteiger partial charge on any atom is -0.325 e. The number of carbonyl (C=O) groups is 1. The molecule has 0 saturated heterocycles. The Morgan fingerprint density at radius 2 is 2.06 bits per heavy atom. The average Bonchev–Trinajstić information content (AvgIpc) is 2.22. The van der Waals surface area contributed by atoms with Gasteiger partial charge in [-0.1, -0.05) is 29.8 Å². The molecule has 0 radical (unpaired) electrons. The normalized spacial score (nSPS) is 12.6. The Kier molecular flexibility index (Phi) is 4.50. The third-order valence-corrected chi connectivity index (χ3v) is 3.34. The van der Waals surface area contributed by atoms with Crippen LogP contribution in [0.1, 0.15) is 19.4 Å².